The standard InChI is InChI=1S/C30H26ClN3O3S/c1-18-5-8-20(9-6-18)26-15-23(21-10-12-27(36-3)28(13-21)37-4)24(16-32)30(34-26)38-17-29(35)33-22-11-7-19(2)25(31)14-22/h5-15H,17H2,1-4H3,(H,33,35). The maximum absolute atomic E-state index is 12.8. The molecule has 0 saturated carbocycles. The topological polar surface area (TPSA) is 84.2 Å². The molecular weight excluding hydrogens is 518 g/mol. The van der Waals surface area contributed by atoms with E-state index in [4.69, 9.17) is 26.1 Å². The number of methoxy groups -OCH3 is 2. The van der Waals surface area contributed by atoms with Crippen molar-refractivity contribution in [3.05, 3.63) is 88.4 Å². The van der Waals surface area contributed by atoms with Crippen LogP contribution >= 0.6 is 23.4 Å². The SMILES string of the molecule is COc1ccc(-c2cc(-c3ccc(C)cc3)nc(SCC(=O)Nc3ccc(C)c(Cl)c3)c2C#N)cc1OC. The number of nitriles is 1. The fourth-order valence-corrected chi connectivity index (χ4v) is 4.82. The van der Waals surface area contributed by atoms with Gasteiger partial charge in [0.2, 0.25) is 5.91 Å². The molecule has 192 valence electrons. The molecule has 0 aliphatic carbocycles. The predicted octanol–water partition coefficient (Wildman–Crippen LogP) is 7.31. The molecule has 0 atom stereocenters. The first-order valence-electron chi connectivity index (χ1n) is 11.8. The number of hydrogen-bond donors (Lipinski definition) is 1. The number of amides is 1. The van der Waals surface area contributed by atoms with Gasteiger partial charge in [0.05, 0.1) is 31.2 Å². The fourth-order valence-electron chi connectivity index (χ4n) is 3.84. The highest BCUT2D eigenvalue weighted by atomic mass is 35.5. The van der Waals surface area contributed by atoms with Gasteiger partial charge in [-0.2, -0.15) is 5.26 Å². The zero-order valence-corrected chi connectivity index (χ0v) is 23.0. The summed E-state index contributed by atoms with van der Waals surface area (Å²) in [5.74, 6) is 0.975. The number of benzene rings is 3. The second-order valence-electron chi connectivity index (χ2n) is 8.58. The quantitative estimate of drug-likeness (QED) is 0.235. The monoisotopic (exact) mass is 543 g/mol. The van der Waals surface area contributed by atoms with Crippen LogP contribution in [-0.4, -0.2) is 30.9 Å². The van der Waals surface area contributed by atoms with Crippen LogP contribution in [0.4, 0.5) is 5.69 Å². The highest BCUT2D eigenvalue weighted by Crippen LogP contribution is 2.38. The molecule has 0 spiro atoms. The van der Waals surface area contributed by atoms with Crippen LogP contribution in [0.1, 0.15) is 16.7 Å². The van der Waals surface area contributed by atoms with Crippen LogP contribution in [0.2, 0.25) is 5.02 Å². The maximum atomic E-state index is 12.8. The fraction of sp³-hybridized carbons (Fsp3) is 0.167. The molecule has 38 heavy (non-hydrogen) atoms. The largest absolute Gasteiger partial charge is 0.493 e. The first kappa shape index (κ1) is 27.1. The number of halogens is 1. The Hall–Kier alpha value is -3.99. The molecular formula is C30H26ClN3O3S. The lowest BCUT2D eigenvalue weighted by molar-refractivity contribution is -0.113. The Morgan fingerprint density at radius 2 is 1.68 bits per heavy atom. The smallest absolute Gasteiger partial charge is 0.234 e. The third kappa shape index (κ3) is 6.10. The van der Waals surface area contributed by atoms with Crippen molar-refractivity contribution < 1.29 is 14.3 Å². The molecule has 0 aliphatic rings. The van der Waals surface area contributed by atoms with E-state index in [0.717, 1.165) is 22.3 Å². The molecule has 0 fully saturated rings. The van der Waals surface area contributed by atoms with Crippen LogP contribution in [0.15, 0.2) is 71.8 Å². The van der Waals surface area contributed by atoms with Gasteiger partial charge in [-0.15, -0.1) is 0 Å². The number of carbonyl (C=O) groups is 1. The summed E-state index contributed by atoms with van der Waals surface area (Å²) in [5, 5.41) is 14.1. The van der Waals surface area contributed by atoms with Gasteiger partial charge in [0.25, 0.3) is 0 Å². The second kappa shape index (κ2) is 12.0. The Balaban J connectivity index is 1.73. The molecule has 1 amide bonds. The van der Waals surface area contributed by atoms with Crippen molar-refractivity contribution in [1.29, 1.82) is 5.26 Å². The van der Waals surface area contributed by atoms with Crippen molar-refractivity contribution >= 4 is 35.0 Å². The number of aromatic nitrogens is 1. The zero-order valence-electron chi connectivity index (χ0n) is 21.5. The minimum atomic E-state index is -0.228. The minimum absolute atomic E-state index is 0.0654. The van der Waals surface area contributed by atoms with Gasteiger partial charge < -0.3 is 14.8 Å². The molecule has 0 saturated heterocycles. The lowest BCUT2D eigenvalue weighted by atomic mass is 9.98. The van der Waals surface area contributed by atoms with Gasteiger partial charge in [0.15, 0.2) is 11.5 Å². The van der Waals surface area contributed by atoms with Crippen molar-refractivity contribution in [2.45, 2.75) is 18.9 Å². The van der Waals surface area contributed by atoms with Crippen LogP contribution in [-0.2, 0) is 4.79 Å². The molecule has 4 aromatic rings. The number of rotatable bonds is 8. The summed E-state index contributed by atoms with van der Waals surface area (Å²) in [6.45, 7) is 3.92. The molecule has 8 heteroatoms. The molecule has 6 nitrogen and oxygen atoms in total. The van der Waals surface area contributed by atoms with Crippen LogP contribution in [0.5, 0.6) is 11.5 Å². The van der Waals surface area contributed by atoms with Crippen molar-refractivity contribution in [1.82, 2.24) is 4.98 Å². The highest BCUT2D eigenvalue weighted by molar-refractivity contribution is 8.00. The van der Waals surface area contributed by atoms with Gasteiger partial charge in [-0.05, 0) is 55.3 Å². The number of aryl methyl sites for hydroxylation is 2. The molecule has 3 aromatic carbocycles. The first-order chi connectivity index (χ1) is 18.3. The Labute approximate surface area is 231 Å². The van der Waals surface area contributed by atoms with Crippen molar-refractivity contribution in [3.63, 3.8) is 0 Å². The van der Waals surface area contributed by atoms with Crippen LogP contribution in [0.3, 0.4) is 0 Å². The lowest BCUT2D eigenvalue weighted by Gasteiger charge is -2.14. The summed E-state index contributed by atoms with van der Waals surface area (Å²) >= 11 is 7.40. The summed E-state index contributed by atoms with van der Waals surface area (Å²) in [6.07, 6.45) is 0. The van der Waals surface area contributed by atoms with Gasteiger partial charge in [-0.25, -0.2) is 4.98 Å². The van der Waals surface area contributed by atoms with Crippen molar-refractivity contribution in [2.75, 3.05) is 25.3 Å². The number of ether oxygens (including phenoxy) is 2. The Morgan fingerprint density at radius 3 is 2.34 bits per heavy atom. The summed E-state index contributed by atoms with van der Waals surface area (Å²) in [6, 6.07) is 23.1. The average Bonchev–Trinajstić information content (AvgIpc) is 2.93. The maximum Gasteiger partial charge on any atom is 0.234 e. The lowest BCUT2D eigenvalue weighted by Crippen LogP contribution is -2.14. The Bertz CT molecular complexity index is 1530. The third-order valence-corrected chi connectivity index (χ3v) is 7.32. The molecule has 1 heterocycles. The van der Waals surface area contributed by atoms with E-state index in [1.165, 1.54) is 11.8 Å². The van der Waals surface area contributed by atoms with Crippen LogP contribution in [0, 0.1) is 25.2 Å². The van der Waals surface area contributed by atoms with E-state index in [2.05, 4.69) is 11.4 Å². The number of nitrogens with zero attached hydrogens (tertiary/aromatic N) is 2. The first-order valence-corrected chi connectivity index (χ1v) is 13.1. The van der Waals surface area contributed by atoms with Gasteiger partial charge in [0.1, 0.15) is 11.1 Å². The number of thioether (sulfide) groups is 1. The van der Waals surface area contributed by atoms with E-state index in [0.29, 0.717) is 44.1 Å². The van der Waals surface area contributed by atoms with Gasteiger partial charge in [-0.3, -0.25) is 4.79 Å². The molecule has 4 rings (SSSR count). The molecule has 0 unspecified atom stereocenters. The molecule has 0 aliphatic heterocycles. The molecule has 0 bridgehead atoms. The minimum Gasteiger partial charge on any atom is -0.493 e. The van der Waals surface area contributed by atoms with Crippen molar-refractivity contribution in [3.8, 4) is 40.0 Å². The van der Waals surface area contributed by atoms with E-state index in [1.807, 2.05) is 62.4 Å². The van der Waals surface area contributed by atoms with Crippen LogP contribution < -0.4 is 14.8 Å². The Kier molecular flexibility index (Phi) is 8.57. The number of pyridine rings is 1. The summed E-state index contributed by atoms with van der Waals surface area (Å²) in [5.41, 5.74) is 6.11. The summed E-state index contributed by atoms with van der Waals surface area (Å²) in [7, 11) is 3.14. The number of anilines is 1. The second-order valence-corrected chi connectivity index (χ2v) is 9.95. The van der Waals surface area contributed by atoms with E-state index in [9.17, 15) is 10.1 Å². The third-order valence-electron chi connectivity index (χ3n) is 5.94. The van der Waals surface area contributed by atoms with E-state index in [1.54, 1.807) is 32.4 Å². The van der Waals surface area contributed by atoms with Crippen molar-refractivity contribution in [2.24, 2.45) is 0 Å². The molecule has 1 N–H and O–H groups in total. The highest BCUT2D eigenvalue weighted by Gasteiger charge is 2.18. The van der Waals surface area contributed by atoms with Crippen LogP contribution in [0.25, 0.3) is 22.4 Å². The Morgan fingerprint density at radius 1 is 0.974 bits per heavy atom. The zero-order chi connectivity index (χ0) is 27.2. The average molecular weight is 544 g/mol. The van der Waals surface area contributed by atoms with Gasteiger partial charge in [-0.1, -0.05) is 65.3 Å². The van der Waals surface area contributed by atoms with Gasteiger partial charge >= 0.3 is 0 Å². The predicted molar refractivity (Wildman–Crippen MR) is 153 cm³/mol. The number of hydrogen-bond acceptors (Lipinski definition) is 6. The summed E-state index contributed by atoms with van der Waals surface area (Å²) in [4.78, 5) is 17.6. The normalized spacial score (nSPS) is 10.5. The summed E-state index contributed by atoms with van der Waals surface area (Å²) < 4.78 is 10.9. The number of nitrogens with one attached hydrogen (secondary N) is 1. The van der Waals surface area contributed by atoms with Gasteiger partial charge in [0, 0.05) is 21.8 Å². The molecule has 1 aromatic heterocycles. The van der Waals surface area contributed by atoms with E-state index < -0.39 is 0 Å². The number of carbonyl (C=O) groups excluding carboxylic acids is 1. The van der Waals surface area contributed by atoms with E-state index >= 15 is 0 Å². The molecule has 0 radical (unpaired) electrons. The van der Waals surface area contributed by atoms with E-state index in [-0.39, 0.29) is 11.7 Å².